The van der Waals surface area contributed by atoms with Gasteiger partial charge in [0.05, 0.1) is 22.6 Å². The van der Waals surface area contributed by atoms with E-state index in [-0.39, 0.29) is 5.69 Å². The third-order valence-corrected chi connectivity index (χ3v) is 2.75. The second-order valence-corrected chi connectivity index (χ2v) is 5.05. The smallest absolute Gasteiger partial charge is 0.270 e. The van der Waals surface area contributed by atoms with Gasteiger partial charge in [-0.25, -0.2) is 0 Å². The van der Waals surface area contributed by atoms with E-state index in [0.717, 1.165) is 0 Å². The molecule has 1 aromatic heterocycles. The number of nitro benzene ring substituents is 1. The zero-order chi connectivity index (χ0) is 14.2. The lowest BCUT2D eigenvalue weighted by atomic mass is 10.1. The third kappa shape index (κ3) is 2.56. The van der Waals surface area contributed by atoms with Gasteiger partial charge in [-0.2, -0.15) is 5.26 Å². The molecule has 6 nitrogen and oxygen atoms in total. The summed E-state index contributed by atoms with van der Waals surface area (Å²) in [4.78, 5) is 10.3. The molecule has 0 saturated carbocycles. The van der Waals surface area contributed by atoms with Crippen LogP contribution >= 0.6 is 0 Å². The molecule has 0 unspecified atom stereocenters. The van der Waals surface area contributed by atoms with Gasteiger partial charge in [0, 0.05) is 29.2 Å². The van der Waals surface area contributed by atoms with Crippen LogP contribution in [0.25, 0.3) is 10.9 Å². The zero-order valence-corrected chi connectivity index (χ0v) is 10.6. The summed E-state index contributed by atoms with van der Waals surface area (Å²) in [5.74, 6) is 0. The number of benzene rings is 1. The molecule has 0 amide bonds. The quantitative estimate of drug-likeness (QED) is 0.675. The van der Waals surface area contributed by atoms with Crippen molar-refractivity contribution in [2.75, 3.05) is 0 Å². The molecule has 2 rings (SSSR count). The molecule has 0 saturated heterocycles. The van der Waals surface area contributed by atoms with Gasteiger partial charge in [-0.3, -0.25) is 10.1 Å². The van der Waals surface area contributed by atoms with Crippen molar-refractivity contribution in [1.29, 1.82) is 5.26 Å². The molecule has 0 atom stereocenters. The first-order valence-corrected chi connectivity index (χ1v) is 5.71. The van der Waals surface area contributed by atoms with E-state index in [0.29, 0.717) is 23.0 Å². The second kappa shape index (κ2) is 4.37. The first-order chi connectivity index (χ1) is 8.81. The van der Waals surface area contributed by atoms with E-state index < -0.39 is 10.5 Å². The first kappa shape index (κ1) is 13.1. The van der Waals surface area contributed by atoms with Crippen molar-refractivity contribution in [2.45, 2.75) is 26.0 Å². The van der Waals surface area contributed by atoms with Crippen molar-refractivity contribution < 1.29 is 10.0 Å². The molecule has 0 aliphatic carbocycles. The number of rotatable bonds is 3. The number of hydrogen-bond donors (Lipinski definition) is 1. The predicted molar refractivity (Wildman–Crippen MR) is 69.6 cm³/mol. The third-order valence-electron chi connectivity index (χ3n) is 2.75. The zero-order valence-electron chi connectivity index (χ0n) is 10.6. The van der Waals surface area contributed by atoms with E-state index in [2.05, 4.69) is 0 Å². The summed E-state index contributed by atoms with van der Waals surface area (Å²) in [6.07, 6.45) is 1.60. The van der Waals surface area contributed by atoms with Crippen LogP contribution in [0.1, 0.15) is 19.4 Å². The van der Waals surface area contributed by atoms with Crippen LogP contribution in [0, 0.1) is 21.4 Å². The molecule has 98 valence electrons. The SMILES string of the molecule is CC(C)(O)Cn1cc(C#N)c2cc([N+](=O)[O-])ccc21. The van der Waals surface area contributed by atoms with Crippen LogP contribution in [0.3, 0.4) is 0 Å². The number of nitrogens with zero attached hydrogens (tertiary/aromatic N) is 3. The standard InChI is InChI=1S/C13H13N3O3/c1-13(2,17)8-15-7-9(6-14)11-5-10(16(18)19)3-4-12(11)15/h3-5,7,17H,8H2,1-2H3. The molecular formula is C13H13N3O3. The monoisotopic (exact) mass is 259 g/mol. The van der Waals surface area contributed by atoms with E-state index in [1.54, 1.807) is 30.7 Å². The Morgan fingerprint density at radius 2 is 2.21 bits per heavy atom. The van der Waals surface area contributed by atoms with Crippen molar-refractivity contribution in [3.05, 3.63) is 40.1 Å². The Morgan fingerprint density at radius 3 is 2.74 bits per heavy atom. The molecule has 2 aromatic rings. The molecule has 1 heterocycles. The number of nitriles is 1. The van der Waals surface area contributed by atoms with Crippen molar-refractivity contribution >= 4 is 16.6 Å². The molecule has 0 aliphatic heterocycles. The highest BCUT2D eigenvalue weighted by Gasteiger charge is 2.18. The topological polar surface area (TPSA) is 92.1 Å². The summed E-state index contributed by atoms with van der Waals surface area (Å²) < 4.78 is 1.73. The molecule has 0 fully saturated rings. The van der Waals surface area contributed by atoms with Gasteiger partial charge >= 0.3 is 0 Å². The summed E-state index contributed by atoms with van der Waals surface area (Å²) in [6.45, 7) is 3.63. The number of nitro groups is 1. The Balaban J connectivity index is 2.63. The summed E-state index contributed by atoms with van der Waals surface area (Å²) in [7, 11) is 0. The fourth-order valence-electron chi connectivity index (χ4n) is 2.04. The number of non-ortho nitro benzene ring substituents is 1. The minimum absolute atomic E-state index is 0.0509. The predicted octanol–water partition coefficient (Wildman–Crippen LogP) is 2.19. The van der Waals surface area contributed by atoms with E-state index in [1.165, 1.54) is 12.1 Å². The van der Waals surface area contributed by atoms with Crippen LogP contribution in [-0.4, -0.2) is 20.2 Å². The molecular weight excluding hydrogens is 246 g/mol. The largest absolute Gasteiger partial charge is 0.389 e. The van der Waals surface area contributed by atoms with E-state index in [1.807, 2.05) is 6.07 Å². The maximum absolute atomic E-state index is 10.8. The lowest BCUT2D eigenvalue weighted by Crippen LogP contribution is -2.25. The second-order valence-electron chi connectivity index (χ2n) is 5.05. The Hall–Kier alpha value is -2.39. The van der Waals surface area contributed by atoms with Gasteiger partial charge in [0.1, 0.15) is 6.07 Å². The highest BCUT2D eigenvalue weighted by Crippen LogP contribution is 2.26. The van der Waals surface area contributed by atoms with E-state index in [9.17, 15) is 15.2 Å². The minimum atomic E-state index is -0.930. The van der Waals surface area contributed by atoms with Crippen LogP contribution in [0.15, 0.2) is 24.4 Å². The summed E-state index contributed by atoms with van der Waals surface area (Å²) in [5, 5.41) is 30.2. The van der Waals surface area contributed by atoms with Gasteiger partial charge in [0.2, 0.25) is 0 Å². The normalized spacial score (nSPS) is 11.5. The first-order valence-electron chi connectivity index (χ1n) is 5.71. The summed E-state index contributed by atoms with van der Waals surface area (Å²) in [6, 6.07) is 6.39. The molecule has 1 aromatic carbocycles. The summed E-state index contributed by atoms with van der Waals surface area (Å²) in [5.41, 5.74) is 0.0812. The van der Waals surface area contributed by atoms with Crippen LogP contribution in [-0.2, 0) is 6.54 Å². The van der Waals surface area contributed by atoms with Gasteiger partial charge in [-0.1, -0.05) is 0 Å². The average molecular weight is 259 g/mol. The van der Waals surface area contributed by atoms with Gasteiger partial charge in [0.25, 0.3) is 5.69 Å². The number of aromatic nitrogens is 1. The molecule has 0 radical (unpaired) electrons. The number of aliphatic hydroxyl groups is 1. The van der Waals surface area contributed by atoms with Gasteiger partial charge < -0.3 is 9.67 Å². The number of hydrogen-bond acceptors (Lipinski definition) is 4. The van der Waals surface area contributed by atoms with Crippen LogP contribution in [0.5, 0.6) is 0 Å². The Morgan fingerprint density at radius 1 is 1.53 bits per heavy atom. The molecule has 6 heteroatoms. The minimum Gasteiger partial charge on any atom is -0.389 e. The molecule has 0 bridgehead atoms. The van der Waals surface area contributed by atoms with Crippen LogP contribution < -0.4 is 0 Å². The van der Waals surface area contributed by atoms with Gasteiger partial charge in [-0.15, -0.1) is 0 Å². The fraction of sp³-hybridized carbons (Fsp3) is 0.308. The fourth-order valence-corrected chi connectivity index (χ4v) is 2.04. The average Bonchev–Trinajstić information content (AvgIpc) is 2.64. The maximum atomic E-state index is 10.8. The van der Waals surface area contributed by atoms with Crippen LogP contribution in [0.4, 0.5) is 5.69 Å². The van der Waals surface area contributed by atoms with Crippen molar-refractivity contribution in [3.8, 4) is 6.07 Å². The number of fused-ring (bicyclic) bond motifs is 1. The highest BCUT2D eigenvalue weighted by molar-refractivity contribution is 5.88. The Bertz CT molecular complexity index is 689. The van der Waals surface area contributed by atoms with Crippen molar-refractivity contribution in [1.82, 2.24) is 4.57 Å². The van der Waals surface area contributed by atoms with E-state index >= 15 is 0 Å². The maximum Gasteiger partial charge on any atom is 0.270 e. The van der Waals surface area contributed by atoms with Crippen LogP contribution in [0.2, 0.25) is 0 Å². The summed E-state index contributed by atoms with van der Waals surface area (Å²) >= 11 is 0. The van der Waals surface area contributed by atoms with Gasteiger partial charge in [0.15, 0.2) is 0 Å². The Labute approximate surface area is 109 Å². The van der Waals surface area contributed by atoms with Crippen molar-refractivity contribution in [3.63, 3.8) is 0 Å². The van der Waals surface area contributed by atoms with E-state index in [4.69, 9.17) is 5.26 Å². The lowest BCUT2D eigenvalue weighted by molar-refractivity contribution is -0.384. The Kier molecular flexibility index (Phi) is 3.00. The van der Waals surface area contributed by atoms with Gasteiger partial charge in [-0.05, 0) is 19.9 Å². The highest BCUT2D eigenvalue weighted by atomic mass is 16.6. The molecule has 0 aliphatic rings. The molecule has 19 heavy (non-hydrogen) atoms. The molecule has 0 spiro atoms. The molecule has 1 N–H and O–H groups in total. The van der Waals surface area contributed by atoms with Crippen molar-refractivity contribution in [2.24, 2.45) is 0 Å². The lowest BCUT2D eigenvalue weighted by Gasteiger charge is -2.18.